The summed E-state index contributed by atoms with van der Waals surface area (Å²) in [5, 5.41) is 17.0. The van der Waals surface area contributed by atoms with Crippen LogP contribution in [0.3, 0.4) is 0 Å². The molecule has 15 heavy (non-hydrogen) atoms. The van der Waals surface area contributed by atoms with Gasteiger partial charge in [0, 0.05) is 0 Å². The van der Waals surface area contributed by atoms with Gasteiger partial charge in [0.1, 0.15) is 0 Å². The molecule has 1 rings (SSSR count). The summed E-state index contributed by atoms with van der Waals surface area (Å²) in [4.78, 5) is 0. The first kappa shape index (κ1) is 11.6. The van der Waals surface area contributed by atoms with Gasteiger partial charge in [0.05, 0.1) is 5.56 Å². The third kappa shape index (κ3) is 3.61. The monoisotopic (exact) mass is 216 g/mol. The zero-order valence-electron chi connectivity index (χ0n) is 7.77. The van der Waals surface area contributed by atoms with Gasteiger partial charge in [-0.25, -0.2) is 0 Å². The summed E-state index contributed by atoms with van der Waals surface area (Å²) >= 11 is 0. The zero-order chi connectivity index (χ0) is 11.5. The van der Waals surface area contributed by atoms with Crippen LogP contribution in [0.15, 0.2) is 24.3 Å². The van der Waals surface area contributed by atoms with E-state index in [4.69, 9.17) is 5.41 Å². The van der Waals surface area contributed by atoms with Crippen LogP contribution >= 0.6 is 0 Å². The van der Waals surface area contributed by atoms with Crippen molar-refractivity contribution >= 4 is 5.90 Å². The molecule has 0 aliphatic heterocycles. The van der Waals surface area contributed by atoms with Crippen molar-refractivity contribution < 1.29 is 18.3 Å². The van der Waals surface area contributed by atoms with Gasteiger partial charge in [0.2, 0.25) is 0 Å². The Labute approximate surface area is 84.9 Å². The molecule has 5 heteroatoms. The molecule has 82 valence electrons. The number of rotatable bonds is 3. The molecule has 0 radical (unpaired) electrons. The van der Waals surface area contributed by atoms with Crippen LogP contribution in [0.25, 0.3) is 0 Å². The average molecular weight is 216 g/mol. The van der Waals surface area contributed by atoms with Crippen LogP contribution in [-0.2, 0) is 12.6 Å². The number of benzene rings is 1. The van der Waals surface area contributed by atoms with Crippen molar-refractivity contribution in [3.63, 3.8) is 0 Å². The summed E-state index contributed by atoms with van der Waals surface area (Å²) in [6, 6.07) is 4.79. The molecule has 0 saturated heterocycles. The molecule has 1 aromatic rings. The molecule has 2 nitrogen and oxygen atoms in total. The number of halogens is 3. The van der Waals surface area contributed by atoms with Crippen molar-refractivity contribution in [1.29, 1.82) is 5.41 Å². The Morgan fingerprint density at radius 2 is 2.00 bits per heavy atom. The first-order chi connectivity index (χ1) is 6.89. The average Bonchev–Trinajstić information content (AvgIpc) is 2.14. The second kappa shape index (κ2) is 4.33. The standard InChI is InChI=1S/C10H10F3NO/c11-10(12,13)8-3-1-2-7(6-8)4-5-9(14)15/h1-3,6H,4-5H2,(H2,14,15)/p-1. The van der Waals surface area contributed by atoms with Gasteiger partial charge in [-0.3, -0.25) is 0 Å². The molecule has 0 bridgehead atoms. The van der Waals surface area contributed by atoms with Gasteiger partial charge in [-0.05, 0) is 30.4 Å². The van der Waals surface area contributed by atoms with Crippen molar-refractivity contribution in [2.45, 2.75) is 19.0 Å². The van der Waals surface area contributed by atoms with Crippen molar-refractivity contribution in [3.05, 3.63) is 35.4 Å². The molecule has 0 unspecified atom stereocenters. The van der Waals surface area contributed by atoms with Gasteiger partial charge in [-0.15, -0.1) is 0 Å². The molecule has 0 atom stereocenters. The molecule has 0 saturated carbocycles. The van der Waals surface area contributed by atoms with Gasteiger partial charge >= 0.3 is 6.18 Å². The summed E-state index contributed by atoms with van der Waals surface area (Å²) in [6.07, 6.45) is -4.24. The number of hydrogen-bond acceptors (Lipinski definition) is 2. The fourth-order valence-corrected chi connectivity index (χ4v) is 1.16. The Balaban J connectivity index is 2.79. The normalized spacial score (nSPS) is 11.4. The molecule has 0 fully saturated rings. The maximum Gasteiger partial charge on any atom is 0.416 e. The van der Waals surface area contributed by atoms with E-state index >= 15 is 0 Å². The van der Waals surface area contributed by atoms with E-state index in [1.807, 2.05) is 0 Å². The number of hydrogen-bond donors (Lipinski definition) is 1. The summed E-state index contributed by atoms with van der Waals surface area (Å²) in [5.41, 5.74) is -0.303. The number of alkyl halides is 3. The van der Waals surface area contributed by atoms with Crippen LogP contribution in [0, 0.1) is 5.41 Å². The Morgan fingerprint density at radius 3 is 2.53 bits per heavy atom. The van der Waals surface area contributed by atoms with Crippen molar-refractivity contribution in [1.82, 2.24) is 0 Å². The zero-order valence-corrected chi connectivity index (χ0v) is 7.77. The van der Waals surface area contributed by atoms with Gasteiger partial charge in [0.25, 0.3) is 0 Å². The van der Waals surface area contributed by atoms with E-state index in [9.17, 15) is 18.3 Å². The fraction of sp³-hybridized carbons (Fsp3) is 0.300. The van der Waals surface area contributed by atoms with Crippen molar-refractivity contribution in [2.24, 2.45) is 0 Å². The first-order valence-electron chi connectivity index (χ1n) is 4.30. The van der Waals surface area contributed by atoms with Crippen molar-refractivity contribution in [2.75, 3.05) is 0 Å². The van der Waals surface area contributed by atoms with Crippen LogP contribution in [-0.4, -0.2) is 5.90 Å². The Morgan fingerprint density at radius 1 is 1.33 bits per heavy atom. The molecule has 0 spiro atoms. The van der Waals surface area contributed by atoms with Crippen LogP contribution in [0.5, 0.6) is 0 Å². The van der Waals surface area contributed by atoms with Crippen LogP contribution in [0.2, 0.25) is 0 Å². The van der Waals surface area contributed by atoms with Gasteiger partial charge < -0.3 is 10.5 Å². The third-order valence-electron chi connectivity index (χ3n) is 1.90. The number of nitrogens with one attached hydrogen (secondary N) is 1. The molecule has 1 N–H and O–H groups in total. The highest BCUT2D eigenvalue weighted by atomic mass is 19.4. The largest absolute Gasteiger partial charge is 0.862 e. The predicted molar refractivity (Wildman–Crippen MR) is 47.5 cm³/mol. The first-order valence-corrected chi connectivity index (χ1v) is 4.30. The minimum Gasteiger partial charge on any atom is -0.862 e. The lowest BCUT2D eigenvalue weighted by molar-refractivity contribution is -0.220. The molecule has 0 heterocycles. The van der Waals surface area contributed by atoms with Gasteiger partial charge in [0.15, 0.2) is 0 Å². The molecule has 0 aliphatic rings. The molecular weight excluding hydrogens is 207 g/mol. The van der Waals surface area contributed by atoms with E-state index in [0.29, 0.717) is 5.56 Å². The molecule has 0 amide bonds. The van der Waals surface area contributed by atoms with E-state index in [1.165, 1.54) is 12.1 Å². The molecular formula is C10H9F3NO-. The lowest BCUT2D eigenvalue weighted by atomic mass is 10.1. The summed E-state index contributed by atoms with van der Waals surface area (Å²) in [5.74, 6) is -0.771. The maximum absolute atomic E-state index is 12.3. The summed E-state index contributed by atoms with van der Waals surface area (Å²) in [6.45, 7) is 0. The molecule has 1 aromatic carbocycles. The maximum atomic E-state index is 12.3. The smallest absolute Gasteiger partial charge is 0.416 e. The Bertz CT molecular complexity index is 360. The van der Waals surface area contributed by atoms with E-state index in [2.05, 4.69) is 0 Å². The van der Waals surface area contributed by atoms with E-state index in [0.717, 1.165) is 12.1 Å². The third-order valence-corrected chi connectivity index (χ3v) is 1.90. The molecule has 0 aromatic heterocycles. The van der Waals surface area contributed by atoms with Gasteiger partial charge in [-0.2, -0.15) is 13.2 Å². The highest BCUT2D eigenvalue weighted by molar-refractivity contribution is 5.67. The van der Waals surface area contributed by atoms with Crippen LogP contribution < -0.4 is 5.11 Å². The van der Waals surface area contributed by atoms with E-state index < -0.39 is 17.6 Å². The lowest BCUT2D eigenvalue weighted by Gasteiger charge is -2.10. The highest BCUT2D eigenvalue weighted by Crippen LogP contribution is 2.29. The van der Waals surface area contributed by atoms with Crippen LogP contribution in [0.4, 0.5) is 13.2 Å². The topological polar surface area (TPSA) is 46.9 Å². The van der Waals surface area contributed by atoms with Gasteiger partial charge in [-0.1, -0.05) is 18.2 Å². The second-order valence-corrected chi connectivity index (χ2v) is 3.12. The summed E-state index contributed by atoms with van der Waals surface area (Å²) in [7, 11) is 0. The molecule has 0 aliphatic carbocycles. The fourth-order valence-electron chi connectivity index (χ4n) is 1.16. The lowest BCUT2D eigenvalue weighted by Crippen LogP contribution is -2.16. The van der Waals surface area contributed by atoms with E-state index in [1.54, 1.807) is 0 Å². The summed E-state index contributed by atoms with van der Waals surface area (Å²) < 4.78 is 36.8. The predicted octanol–water partition coefficient (Wildman–Crippen LogP) is 1.98. The SMILES string of the molecule is N=C([O-])CCc1cccc(C(F)(F)F)c1. The second-order valence-electron chi connectivity index (χ2n) is 3.12. The quantitative estimate of drug-likeness (QED) is 0.609. The highest BCUT2D eigenvalue weighted by Gasteiger charge is 2.30. The minimum absolute atomic E-state index is 0.0543. The Hall–Kier alpha value is -1.52. The van der Waals surface area contributed by atoms with Crippen molar-refractivity contribution in [3.8, 4) is 0 Å². The van der Waals surface area contributed by atoms with E-state index in [-0.39, 0.29) is 12.8 Å². The van der Waals surface area contributed by atoms with Crippen LogP contribution in [0.1, 0.15) is 17.5 Å². The Kier molecular flexibility index (Phi) is 3.34. The minimum atomic E-state index is -4.36. The number of aryl methyl sites for hydroxylation is 1.